The number of aliphatic hydroxyl groups excluding tert-OH is 1. The molecule has 1 aromatic rings. The van der Waals surface area contributed by atoms with Crippen LogP contribution in [0.5, 0.6) is 0 Å². The Morgan fingerprint density at radius 3 is 2.64 bits per heavy atom. The molecule has 1 saturated carbocycles. The predicted molar refractivity (Wildman–Crippen MR) is 90.2 cm³/mol. The van der Waals surface area contributed by atoms with E-state index in [2.05, 4.69) is 15.5 Å². The smallest absolute Gasteiger partial charge is 0.238 e. The number of aromatic nitrogens is 2. The monoisotopic (exact) mass is 374 g/mol. The Morgan fingerprint density at radius 1 is 1.44 bits per heavy atom. The molecule has 0 aromatic carbocycles. The molecule has 9 nitrogen and oxygen atoms in total. The summed E-state index contributed by atoms with van der Waals surface area (Å²) in [6.07, 6.45) is 1.59. The van der Waals surface area contributed by atoms with E-state index >= 15 is 0 Å². The van der Waals surface area contributed by atoms with Crippen molar-refractivity contribution in [3.8, 4) is 0 Å². The molecule has 0 aliphatic heterocycles. The first-order chi connectivity index (χ1) is 11.8. The van der Waals surface area contributed by atoms with Gasteiger partial charge in [0.15, 0.2) is 9.84 Å². The topological polar surface area (TPSA) is 148 Å². The van der Waals surface area contributed by atoms with Gasteiger partial charge in [-0.05, 0) is 25.2 Å². The molecule has 1 amide bonds. The van der Waals surface area contributed by atoms with Gasteiger partial charge in [-0.2, -0.15) is 4.98 Å². The third-order valence-corrected chi connectivity index (χ3v) is 6.00. The number of hydrogen-bond donors (Lipinski definition) is 3. The lowest BCUT2D eigenvalue weighted by Gasteiger charge is -2.22. The molecule has 1 fully saturated rings. The van der Waals surface area contributed by atoms with Crippen molar-refractivity contribution in [1.82, 2.24) is 15.5 Å². The molecule has 10 heteroatoms. The standard InChI is InChI=1S/C15H26N4O5S/c1-3-11(13(20)14-18-12(4-2)24-19-14)17-15(21)10(16)8-25(22,23)7-9-5-6-9/h9-11,13,20H,3-8,16H2,1-2H3,(H,17,21)/t10-,11-,13?/m0/s1. The Labute approximate surface area is 147 Å². The predicted octanol–water partition coefficient (Wildman–Crippen LogP) is -0.288. The highest BCUT2D eigenvalue weighted by molar-refractivity contribution is 7.91. The van der Waals surface area contributed by atoms with Crippen LogP contribution >= 0.6 is 0 Å². The average molecular weight is 374 g/mol. The van der Waals surface area contributed by atoms with Crippen molar-refractivity contribution >= 4 is 15.7 Å². The number of nitrogens with one attached hydrogen (secondary N) is 1. The van der Waals surface area contributed by atoms with Gasteiger partial charge in [0.1, 0.15) is 6.10 Å². The summed E-state index contributed by atoms with van der Waals surface area (Å²) in [6.45, 7) is 3.61. The van der Waals surface area contributed by atoms with E-state index < -0.39 is 39.7 Å². The molecular weight excluding hydrogens is 348 g/mol. The molecule has 1 aromatic heterocycles. The van der Waals surface area contributed by atoms with E-state index in [9.17, 15) is 18.3 Å². The molecule has 0 saturated heterocycles. The largest absolute Gasteiger partial charge is 0.383 e. The highest BCUT2D eigenvalue weighted by Gasteiger charge is 2.32. The van der Waals surface area contributed by atoms with Gasteiger partial charge in [-0.3, -0.25) is 4.79 Å². The van der Waals surface area contributed by atoms with Crippen LogP contribution in [0.25, 0.3) is 0 Å². The van der Waals surface area contributed by atoms with Gasteiger partial charge in [0.05, 0.1) is 23.6 Å². The van der Waals surface area contributed by atoms with Crippen LogP contribution in [0.2, 0.25) is 0 Å². The molecule has 0 radical (unpaired) electrons. The van der Waals surface area contributed by atoms with Crippen LogP contribution < -0.4 is 11.1 Å². The zero-order valence-corrected chi connectivity index (χ0v) is 15.3. The van der Waals surface area contributed by atoms with Gasteiger partial charge in [0.2, 0.25) is 17.6 Å². The maximum atomic E-state index is 12.2. The van der Waals surface area contributed by atoms with E-state index in [1.807, 2.05) is 6.92 Å². The van der Waals surface area contributed by atoms with Gasteiger partial charge in [-0.15, -0.1) is 0 Å². The van der Waals surface area contributed by atoms with Gasteiger partial charge in [-0.25, -0.2) is 8.42 Å². The van der Waals surface area contributed by atoms with Gasteiger partial charge in [0, 0.05) is 6.42 Å². The summed E-state index contributed by atoms with van der Waals surface area (Å²) >= 11 is 0. The minimum atomic E-state index is -3.37. The van der Waals surface area contributed by atoms with Crippen LogP contribution in [-0.4, -0.2) is 53.2 Å². The van der Waals surface area contributed by atoms with Crippen LogP contribution in [0.15, 0.2) is 4.52 Å². The molecule has 3 atom stereocenters. The highest BCUT2D eigenvalue weighted by atomic mass is 32.2. The summed E-state index contributed by atoms with van der Waals surface area (Å²) in [7, 11) is -3.37. The number of nitrogens with zero attached hydrogens (tertiary/aromatic N) is 2. The number of carbonyl (C=O) groups excluding carboxylic acids is 1. The molecule has 4 N–H and O–H groups in total. The van der Waals surface area contributed by atoms with Crippen LogP contribution in [0.3, 0.4) is 0 Å². The van der Waals surface area contributed by atoms with E-state index in [-0.39, 0.29) is 17.5 Å². The maximum Gasteiger partial charge on any atom is 0.238 e. The fourth-order valence-corrected chi connectivity index (χ4v) is 4.35. The van der Waals surface area contributed by atoms with Gasteiger partial charge < -0.3 is 20.7 Å². The minimum absolute atomic E-state index is 0.0798. The van der Waals surface area contributed by atoms with Crippen LogP contribution in [0, 0.1) is 5.92 Å². The second-order valence-electron chi connectivity index (χ2n) is 6.49. The summed E-state index contributed by atoms with van der Waals surface area (Å²) < 4.78 is 29.0. The number of sulfone groups is 1. The molecule has 0 spiro atoms. The molecule has 2 rings (SSSR count). The summed E-state index contributed by atoms with van der Waals surface area (Å²) in [4.78, 5) is 16.3. The van der Waals surface area contributed by atoms with Crippen molar-refractivity contribution < 1.29 is 22.8 Å². The van der Waals surface area contributed by atoms with Gasteiger partial charge in [0.25, 0.3) is 0 Å². The normalized spacial score (nSPS) is 18.6. The maximum absolute atomic E-state index is 12.2. The Kier molecular flexibility index (Phi) is 6.53. The van der Waals surface area contributed by atoms with Gasteiger partial charge >= 0.3 is 0 Å². The number of amides is 1. The van der Waals surface area contributed by atoms with Crippen molar-refractivity contribution in [2.45, 2.75) is 57.7 Å². The second-order valence-corrected chi connectivity index (χ2v) is 8.65. The number of hydrogen-bond acceptors (Lipinski definition) is 8. The minimum Gasteiger partial charge on any atom is -0.383 e. The molecule has 0 bridgehead atoms. The number of rotatable bonds is 10. The Hall–Kier alpha value is -1.52. The first-order valence-electron chi connectivity index (χ1n) is 8.52. The first kappa shape index (κ1) is 19.8. The van der Waals surface area contributed by atoms with Crippen LogP contribution in [-0.2, 0) is 21.1 Å². The zero-order chi connectivity index (χ0) is 18.6. The van der Waals surface area contributed by atoms with Crippen molar-refractivity contribution in [3.05, 3.63) is 11.7 Å². The Bertz CT molecular complexity index is 686. The third-order valence-electron chi connectivity index (χ3n) is 4.16. The van der Waals surface area contributed by atoms with Crippen molar-refractivity contribution in [3.63, 3.8) is 0 Å². The lowest BCUT2D eigenvalue weighted by Crippen LogP contribution is -2.50. The highest BCUT2D eigenvalue weighted by Crippen LogP contribution is 2.30. The molecule has 1 aliphatic rings. The quantitative estimate of drug-likeness (QED) is 0.506. The average Bonchev–Trinajstić information content (AvgIpc) is 3.22. The first-order valence-corrected chi connectivity index (χ1v) is 10.3. The van der Waals surface area contributed by atoms with Gasteiger partial charge in [-0.1, -0.05) is 19.0 Å². The lowest BCUT2D eigenvalue weighted by molar-refractivity contribution is -0.123. The summed E-state index contributed by atoms with van der Waals surface area (Å²) in [5.74, 6) is -0.265. The molecule has 25 heavy (non-hydrogen) atoms. The van der Waals surface area contributed by atoms with Crippen LogP contribution in [0.1, 0.15) is 50.9 Å². The number of nitrogens with two attached hydrogens (primary N) is 1. The second kappa shape index (κ2) is 8.24. The Morgan fingerprint density at radius 2 is 2.12 bits per heavy atom. The van der Waals surface area contributed by atoms with E-state index in [0.717, 1.165) is 12.8 Å². The zero-order valence-electron chi connectivity index (χ0n) is 14.5. The summed E-state index contributed by atoms with van der Waals surface area (Å²) in [6, 6.07) is -1.87. The fraction of sp³-hybridized carbons (Fsp3) is 0.800. The van der Waals surface area contributed by atoms with E-state index in [4.69, 9.17) is 10.3 Å². The third kappa shape index (κ3) is 5.75. The molecule has 1 aliphatic carbocycles. The summed E-state index contributed by atoms with van der Waals surface area (Å²) in [5, 5.41) is 16.6. The van der Waals surface area contributed by atoms with Crippen LogP contribution in [0.4, 0.5) is 0 Å². The SMILES string of the molecule is CCc1nc(C(O)[C@H](CC)NC(=O)[C@@H](N)CS(=O)(=O)CC2CC2)no1. The van der Waals surface area contributed by atoms with E-state index in [0.29, 0.717) is 18.7 Å². The Balaban J connectivity index is 1.93. The fourth-order valence-electron chi connectivity index (χ4n) is 2.47. The molecule has 1 unspecified atom stereocenters. The van der Waals surface area contributed by atoms with Crippen molar-refractivity contribution in [2.75, 3.05) is 11.5 Å². The summed E-state index contributed by atoms with van der Waals surface area (Å²) in [5.41, 5.74) is 5.74. The number of aryl methyl sites for hydroxylation is 1. The van der Waals surface area contributed by atoms with E-state index in [1.165, 1.54) is 0 Å². The molecular formula is C15H26N4O5S. The number of aliphatic hydroxyl groups is 1. The van der Waals surface area contributed by atoms with Crippen molar-refractivity contribution in [1.29, 1.82) is 0 Å². The molecule has 142 valence electrons. The molecule has 1 heterocycles. The van der Waals surface area contributed by atoms with Crippen molar-refractivity contribution in [2.24, 2.45) is 11.7 Å². The number of carbonyl (C=O) groups is 1. The lowest BCUT2D eigenvalue weighted by atomic mass is 10.1. The van der Waals surface area contributed by atoms with E-state index in [1.54, 1.807) is 6.92 Å².